The fraction of sp³-hybridized carbons (Fsp3) is 0.419. The maximum atomic E-state index is 8.81. The van der Waals surface area contributed by atoms with E-state index in [9.17, 15) is 0 Å². The predicted molar refractivity (Wildman–Crippen MR) is 162 cm³/mol. The third-order valence-corrected chi connectivity index (χ3v) is 6.71. The molecule has 39 heavy (non-hydrogen) atoms. The zero-order valence-corrected chi connectivity index (χ0v) is 23.9. The fourth-order valence-corrected chi connectivity index (χ4v) is 4.66. The second-order valence-electron chi connectivity index (χ2n) is 9.95. The fourth-order valence-electron chi connectivity index (χ4n) is 4.66. The van der Waals surface area contributed by atoms with E-state index < -0.39 is 0 Å². The molecule has 0 bridgehead atoms. The molecule has 0 atom stereocenters. The maximum Gasteiger partial charge on any atom is 0.227 e. The highest BCUT2D eigenvalue weighted by Gasteiger charge is 2.18. The molecule has 2 aromatic carbocycles. The normalized spacial score (nSPS) is 13.2. The minimum absolute atomic E-state index is 0.282. The first-order chi connectivity index (χ1) is 19.0. The summed E-state index contributed by atoms with van der Waals surface area (Å²) in [5, 5.41) is 7.13. The topological polar surface area (TPSA) is 111 Å². The van der Waals surface area contributed by atoms with Gasteiger partial charge in [0.15, 0.2) is 17.0 Å². The molecule has 4 aromatic rings. The highest BCUT2D eigenvalue weighted by molar-refractivity contribution is 5.84. The van der Waals surface area contributed by atoms with Crippen LogP contribution in [0.1, 0.15) is 70.0 Å². The Kier molecular flexibility index (Phi) is 11.4. The molecule has 208 valence electrons. The van der Waals surface area contributed by atoms with Crippen LogP contribution in [0.15, 0.2) is 54.9 Å². The van der Waals surface area contributed by atoms with Crippen molar-refractivity contribution >= 4 is 29.2 Å². The molecule has 0 saturated heterocycles. The Labute approximate surface area is 232 Å². The van der Waals surface area contributed by atoms with Gasteiger partial charge in [0.05, 0.1) is 6.33 Å². The van der Waals surface area contributed by atoms with Crippen LogP contribution in [0.2, 0.25) is 0 Å². The lowest BCUT2D eigenvalue weighted by molar-refractivity contribution is -0.106. The number of aryl methyl sites for hydroxylation is 1. The molecule has 8 heteroatoms. The summed E-state index contributed by atoms with van der Waals surface area (Å²) >= 11 is 0. The van der Waals surface area contributed by atoms with E-state index in [1.807, 2.05) is 6.33 Å². The average molecular weight is 530 g/mol. The van der Waals surface area contributed by atoms with Gasteiger partial charge in [0.25, 0.3) is 0 Å². The molecule has 8 nitrogen and oxygen atoms in total. The number of hydrogen-bond donors (Lipinski definition) is 3. The number of nitrogens with one attached hydrogen (secondary N) is 2. The first kappa shape index (κ1) is 29.8. The highest BCUT2D eigenvalue weighted by Crippen LogP contribution is 2.27. The van der Waals surface area contributed by atoms with Crippen LogP contribution in [0, 0.1) is 6.92 Å². The number of aldehydes is 1. The zero-order valence-electron chi connectivity index (χ0n) is 23.9. The monoisotopic (exact) mass is 529 g/mol. The van der Waals surface area contributed by atoms with Gasteiger partial charge < -0.3 is 25.7 Å². The van der Waals surface area contributed by atoms with E-state index >= 15 is 0 Å². The third-order valence-electron chi connectivity index (χ3n) is 6.71. The first-order valence-corrected chi connectivity index (χ1v) is 13.9. The lowest BCUT2D eigenvalue weighted by Crippen LogP contribution is -2.24. The van der Waals surface area contributed by atoms with E-state index in [2.05, 4.69) is 95.2 Å². The Hall–Kier alpha value is -3.78. The molecule has 5 rings (SSSR count). The molecule has 2 aromatic heterocycles. The summed E-state index contributed by atoms with van der Waals surface area (Å²) in [6.07, 6.45) is 8.85. The van der Waals surface area contributed by atoms with E-state index in [0.717, 1.165) is 23.3 Å². The van der Waals surface area contributed by atoms with Gasteiger partial charge >= 0.3 is 0 Å². The van der Waals surface area contributed by atoms with Gasteiger partial charge in [-0.1, -0.05) is 73.4 Å². The molecule has 0 spiro atoms. The number of imidazole rings is 1. The molecule has 0 unspecified atom stereocenters. The van der Waals surface area contributed by atoms with E-state index in [4.69, 9.17) is 14.8 Å². The van der Waals surface area contributed by atoms with E-state index in [1.54, 1.807) is 0 Å². The van der Waals surface area contributed by atoms with Crippen molar-refractivity contribution in [3.05, 3.63) is 66.0 Å². The van der Waals surface area contributed by atoms with Crippen molar-refractivity contribution in [2.45, 2.75) is 78.4 Å². The van der Waals surface area contributed by atoms with Crippen molar-refractivity contribution in [1.29, 1.82) is 0 Å². The molecule has 0 aliphatic heterocycles. The maximum absolute atomic E-state index is 8.81. The van der Waals surface area contributed by atoms with Crippen LogP contribution in [-0.2, 0) is 11.3 Å². The molecular weight excluding hydrogens is 486 g/mol. The molecule has 1 aliphatic rings. The Balaban J connectivity index is 0.000000787. The summed E-state index contributed by atoms with van der Waals surface area (Å²) < 4.78 is 2.12. The molecule has 1 saturated carbocycles. The van der Waals surface area contributed by atoms with Gasteiger partial charge in [-0.2, -0.15) is 9.97 Å². The van der Waals surface area contributed by atoms with Gasteiger partial charge in [0.2, 0.25) is 5.95 Å². The second-order valence-corrected chi connectivity index (χ2v) is 9.95. The van der Waals surface area contributed by atoms with Crippen molar-refractivity contribution < 1.29 is 4.79 Å². The van der Waals surface area contributed by atoms with Crippen LogP contribution >= 0.6 is 0 Å². The Bertz CT molecular complexity index is 1290. The predicted octanol–water partition coefficient (Wildman–Crippen LogP) is 6.52. The number of nitrogens with two attached hydrogens (primary N) is 1. The Morgan fingerprint density at radius 1 is 0.974 bits per heavy atom. The van der Waals surface area contributed by atoms with Crippen LogP contribution in [-0.4, -0.2) is 38.9 Å². The number of anilines is 2. The number of rotatable bonds is 7. The smallest absolute Gasteiger partial charge is 0.227 e. The van der Waals surface area contributed by atoms with Gasteiger partial charge in [-0.3, -0.25) is 0 Å². The van der Waals surface area contributed by atoms with Crippen LogP contribution in [0.5, 0.6) is 0 Å². The van der Waals surface area contributed by atoms with Gasteiger partial charge in [-0.15, -0.1) is 0 Å². The van der Waals surface area contributed by atoms with Crippen molar-refractivity contribution in [3.63, 3.8) is 0 Å². The Morgan fingerprint density at radius 3 is 2.15 bits per heavy atom. The molecule has 0 radical (unpaired) electrons. The number of carbonyl (C=O) groups excluding carboxylic acids is 1. The van der Waals surface area contributed by atoms with Crippen molar-refractivity contribution in [2.75, 3.05) is 17.7 Å². The number of hydrogen-bond acceptors (Lipinski definition) is 7. The number of fused-ring (bicyclic) bond motifs is 1. The van der Waals surface area contributed by atoms with Crippen LogP contribution in [0.3, 0.4) is 0 Å². The molecule has 2 heterocycles. The summed E-state index contributed by atoms with van der Waals surface area (Å²) in [6.45, 7) is 8.54. The van der Waals surface area contributed by atoms with Crippen LogP contribution in [0.25, 0.3) is 22.3 Å². The number of nitrogens with zero attached hydrogens (tertiary/aromatic N) is 4. The molecule has 0 amide bonds. The lowest BCUT2D eigenvalue weighted by Gasteiger charge is -2.23. The van der Waals surface area contributed by atoms with E-state index in [1.165, 1.54) is 68.3 Å². The number of carbonyl (C=O) groups is 1. The Morgan fingerprint density at radius 2 is 1.56 bits per heavy atom. The summed E-state index contributed by atoms with van der Waals surface area (Å²) in [6, 6.07) is 18.1. The standard InChI is InChI=1S/C28H34N6.C2H4O.CH5N/c1-19(2)34-18-30-25-26(32-28(33-27(25)34)31-24-7-5-4-6-8-24)29-17-21-11-15-23(16-12-21)22-13-9-20(3)10-14-22;1-2-3;1-2/h9-16,18-19,24H,4-8,17H2,1-3H3,(H2,29,31,32,33);2H,1H3;2H2,1H3. The first-order valence-electron chi connectivity index (χ1n) is 13.9. The third kappa shape index (κ3) is 8.10. The molecule has 1 fully saturated rings. The minimum atomic E-state index is 0.282. The van der Waals surface area contributed by atoms with E-state index in [-0.39, 0.29) is 6.04 Å². The van der Waals surface area contributed by atoms with Gasteiger partial charge in [-0.25, -0.2) is 4.98 Å². The van der Waals surface area contributed by atoms with E-state index in [0.29, 0.717) is 18.5 Å². The summed E-state index contributed by atoms with van der Waals surface area (Å²) in [7, 11) is 1.50. The largest absolute Gasteiger partial charge is 0.364 e. The van der Waals surface area contributed by atoms with Crippen molar-refractivity contribution in [3.8, 4) is 11.1 Å². The lowest BCUT2D eigenvalue weighted by atomic mass is 9.96. The summed E-state index contributed by atoms with van der Waals surface area (Å²) in [5.41, 5.74) is 11.1. The van der Waals surface area contributed by atoms with Crippen LogP contribution < -0.4 is 16.4 Å². The SMILES string of the molecule is CC=O.CN.Cc1ccc(-c2ccc(CNc3nc(NC4CCCCC4)nc4c3ncn4C(C)C)cc2)cc1. The molecule has 1 aliphatic carbocycles. The quantitative estimate of drug-likeness (QED) is 0.234. The summed E-state index contributed by atoms with van der Waals surface area (Å²) in [4.78, 5) is 23.2. The molecule has 4 N–H and O–H groups in total. The van der Waals surface area contributed by atoms with Gasteiger partial charge in [0.1, 0.15) is 6.29 Å². The number of benzene rings is 2. The second kappa shape index (κ2) is 15.0. The van der Waals surface area contributed by atoms with Gasteiger partial charge in [-0.05, 0) is 64.3 Å². The van der Waals surface area contributed by atoms with Crippen molar-refractivity contribution in [2.24, 2.45) is 5.73 Å². The zero-order chi connectivity index (χ0) is 28.2. The van der Waals surface area contributed by atoms with Crippen LogP contribution in [0.4, 0.5) is 11.8 Å². The summed E-state index contributed by atoms with van der Waals surface area (Å²) in [5.74, 6) is 1.48. The highest BCUT2D eigenvalue weighted by atomic mass is 16.1. The average Bonchev–Trinajstić information content (AvgIpc) is 3.39. The molecular formula is C31H43N7O. The van der Waals surface area contributed by atoms with Crippen molar-refractivity contribution in [1.82, 2.24) is 19.5 Å². The minimum Gasteiger partial charge on any atom is -0.364 e. The number of aromatic nitrogens is 4. The van der Waals surface area contributed by atoms with Gasteiger partial charge in [0, 0.05) is 18.6 Å².